The zero-order valence-electron chi connectivity index (χ0n) is 19.7. The Morgan fingerprint density at radius 2 is 1.82 bits per heavy atom. The third kappa shape index (κ3) is 7.32. The van der Waals surface area contributed by atoms with Crippen LogP contribution in [0.25, 0.3) is 0 Å². The molecule has 0 spiro atoms. The summed E-state index contributed by atoms with van der Waals surface area (Å²) in [5.41, 5.74) is 2.33. The summed E-state index contributed by atoms with van der Waals surface area (Å²) < 4.78 is 6.70. The fraction of sp³-hybridized carbons (Fsp3) is 0.481. The summed E-state index contributed by atoms with van der Waals surface area (Å²) in [6.45, 7) is 4.42. The minimum absolute atomic E-state index is 0.0562. The van der Waals surface area contributed by atoms with Crippen LogP contribution in [0.1, 0.15) is 57.1 Å². The molecule has 6 heteroatoms. The number of hydrogen-bond donors (Lipinski definition) is 1. The summed E-state index contributed by atoms with van der Waals surface area (Å²) in [5.74, 6) is 0.400. The van der Waals surface area contributed by atoms with Gasteiger partial charge in [0.1, 0.15) is 11.8 Å². The van der Waals surface area contributed by atoms with Crippen LogP contribution in [0.5, 0.6) is 5.75 Å². The van der Waals surface area contributed by atoms with E-state index in [-0.39, 0.29) is 24.5 Å². The summed E-state index contributed by atoms with van der Waals surface area (Å²) in [6.07, 6.45) is 6.52. The normalized spacial score (nSPS) is 14.6. The van der Waals surface area contributed by atoms with Crippen molar-refractivity contribution in [3.63, 3.8) is 0 Å². The minimum atomic E-state index is -0.503. The van der Waals surface area contributed by atoms with Crippen molar-refractivity contribution in [1.82, 2.24) is 10.2 Å². The van der Waals surface area contributed by atoms with Gasteiger partial charge >= 0.3 is 0 Å². The van der Waals surface area contributed by atoms with Crippen LogP contribution in [0.3, 0.4) is 0 Å². The molecule has 0 aliphatic heterocycles. The lowest BCUT2D eigenvalue weighted by Crippen LogP contribution is -2.53. The van der Waals surface area contributed by atoms with Gasteiger partial charge in [-0.3, -0.25) is 9.59 Å². The standard InChI is InChI=1S/C27H35BrN2O3/c1-3-20-14-15-25(23(28)18-20)33-19-26(31)30(17-16-21-10-6-5-7-11-21)24(4-2)27(32)29-22-12-8-9-13-22/h5-7,10-11,14-15,18,22,24H,3-4,8-9,12-13,16-17,19H2,1-2H3,(H,29,32)/t24-/m0/s1. The maximum absolute atomic E-state index is 13.3. The molecule has 1 saturated carbocycles. The molecule has 2 aromatic carbocycles. The van der Waals surface area contributed by atoms with Crippen molar-refractivity contribution in [1.29, 1.82) is 0 Å². The Labute approximate surface area is 206 Å². The highest BCUT2D eigenvalue weighted by Gasteiger charge is 2.30. The number of carbonyl (C=O) groups excluding carboxylic acids is 2. The van der Waals surface area contributed by atoms with Crippen LogP contribution in [0.4, 0.5) is 0 Å². The van der Waals surface area contributed by atoms with E-state index in [2.05, 4.69) is 28.2 Å². The molecule has 0 radical (unpaired) electrons. The van der Waals surface area contributed by atoms with Crippen molar-refractivity contribution in [3.8, 4) is 5.75 Å². The topological polar surface area (TPSA) is 58.6 Å². The molecular formula is C27H35BrN2O3. The molecule has 0 saturated heterocycles. The van der Waals surface area contributed by atoms with E-state index >= 15 is 0 Å². The summed E-state index contributed by atoms with van der Waals surface area (Å²) in [6, 6.07) is 15.7. The number of nitrogens with one attached hydrogen (secondary N) is 1. The lowest BCUT2D eigenvalue weighted by atomic mass is 10.1. The summed E-state index contributed by atoms with van der Waals surface area (Å²) in [5, 5.41) is 3.18. The Morgan fingerprint density at radius 3 is 2.45 bits per heavy atom. The highest BCUT2D eigenvalue weighted by atomic mass is 79.9. The molecule has 1 N–H and O–H groups in total. The Bertz CT molecular complexity index is 913. The molecule has 0 bridgehead atoms. The molecule has 33 heavy (non-hydrogen) atoms. The average molecular weight is 515 g/mol. The van der Waals surface area contributed by atoms with E-state index in [9.17, 15) is 9.59 Å². The Morgan fingerprint density at radius 1 is 1.09 bits per heavy atom. The molecule has 1 atom stereocenters. The lowest BCUT2D eigenvalue weighted by molar-refractivity contribution is -0.142. The highest BCUT2D eigenvalue weighted by Crippen LogP contribution is 2.26. The summed E-state index contributed by atoms with van der Waals surface area (Å²) in [4.78, 5) is 28.2. The monoisotopic (exact) mass is 514 g/mol. The second-order valence-corrected chi connectivity index (χ2v) is 9.50. The second kappa shape index (κ2) is 12.8. The Balaban J connectivity index is 1.71. The highest BCUT2D eigenvalue weighted by molar-refractivity contribution is 9.10. The fourth-order valence-electron chi connectivity index (χ4n) is 4.37. The van der Waals surface area contributed by atoms with E-state index in [4.69, 9.17) is 4.74 Å². The molecule has 0 aromatic heterocycles. The molecule has 0 heterocycles. The SMILES string of the molecule is CCc1ccc(OCC(=O)N(CCc2ccccc2)[C@@H](CC)C(=O)NC2CCCC2)c(Br)c1. The van der Waals surface area contributed by atoms with Gasteiger partial charge in [0, 0.05) is 12.6 Å². The quantitative estimate of drug-likeness (QED) is 0.442. The molecule has 178 valence electrons. The van der Waals surface area contributed by atoms with Crippen molar-refractivity contribution in [2.24, 2.45) is 0 Å². The molecular weight excluding hydrogens is 480 g/mol. The smallest absolute Gasteiger partial charge is 0.261 e. The molecule has 3 rings (SSSR count). The first kappa shape index (κ1) is 25.3. The van der Waals surface area contributed by atoms with Gasteiger partial charge in [0.15, 0.2) is 6.61 Å². The Kier molecular flexibility index (Phi) is 9.79. The molecule has 2 aromatic rings. The number of rotatable bonds is 11. The predicted molar refractivity (Wildman–Crippen MR) is 135 cm³/mol. The number of benzene rings is 2. The van der Waals surface area contributed by atoms with Crippen molar-refractivity contribution >= 4 is 27.7 Å². The van der Waals surface area contributed by atoms with Crippen LogP contribution in [0.15, 0.2) is 53.0 Å². The number of aryl methyl sites for hydroxylation is 1. The van der Waals surface area contributed by atoms with Crippen LogP contribution in [0.2, 0.25) is 0 Å². The molecule has 1 fully saturated rings. The number of amides is 2. The average Bonchev–Trinajstić information content (AvgIpc) is 3.34. The van der Waals surface area contributed by atoms with Crippen LogP contribution >= 0.6 is 15.9 Å². The van der Waals surface area contributed by atoms with Crippen LogP contribution in [-0.2, 0) is 22.4 Å². The third-order valence-corrected chi connectivity index (χ3v) is 6.95. The number of carbonyl (C=O) groups is 2. The zero-order valence-corrected chi connectivity index (χ0v) is 21.3. The first-order valence-electron chi connectivity index (χ1n) is 12.1. The van der Waals surface area contributed by atoms with Crippen LogP contribution in [0, 0.1) is 0 Å². The van der Waals surface area contributed by atoms with Gasteiger partial charge in [0.25, 0.3) is 5.91 Å². The molecule has 1 aliphatic rings. The third-order valence-electron chi connectivity index (χ3n) is 6.33. The van der Waals surface area contributed by atoms with E-state index < -0.39 is 6.04 Å². The second-order valence-electron chi connectivity index (χ2n) is 8.64. The van der Waals surface area contributed by atoms with Gasteiger partial charge in [-0.2, -0.15) is 0 Å². The molecule has 0 unspecified atom stereocenters. The van der Waals surface area contributed by atoms with Gasteiger partial charge in [-0.05, 0) is 71.3 Å². The fourth-order valence-corrected chi connectivity index (χ4v) is 4.91. The molecule has 2 amide bonds. The first-order valence-corrected chi connectivity index (χ1v) is 12.9. The van der Waals surface area contributed by atoms with Gasteiger partial charge in [-0.25, -0.2) is 0 Å². The van der Waals surface area contributed by atoms with Gasteiger partial charge in [-0.15, -0.1) is 0 Å². The lowest BCUT2D eigenvalue weighted by Gasteiger charge is -2.31. The number of ether oxygens (including phenoxy) is 1. The number of hydrogen-bond acceptors (Lipinski definition) is 3. The maximum Gasteiger partial charge on any atom is 0.261 e. The van der Waals surface area contributed by atoms with Crippen molar-refractivity contribution in [2.45, 2.75) is 70.9 Å². The summed E-state index contributed by atoms with van der Waals surface area (Å²) >= 11 is 3.54. The summed E-state index contributed by atoms with van der Waals surface area (Å²) in [7, 11) is 0. The largest absolute Gasteiger partial charge is 0.483 e. The number of halogens is 1. The van der Waals surface area contributed by atoms with Gasteiger partial charge in [0.2, 0.25) is 5.91 Å². The molecule has 5 nitrogen and oxygen atoms in total. The minimum Gasteiger partial charge on any atom is -0.483 e. The maximum atomic E-state index is 13.3. The number of nitrogens with zero attached hydrogens (tertiary/aromatic N) is 1. The van der Waals surface area contributed by atoms with Crippen molar-refractivity contribution in [3.05, 3.63) is 64.1 Å². The predicted octanol–water partition coefficient (Wildman–Crippen LogP) is 5.30. The van der Waals surface area contributed by atoms with Crippen LogP contribution < -0.4 is 10.1 Å². The Hall–Kier alpha value is -2.34. The van der Waals surface area contributed by atoms with E-state index in [1.165, 1.54) is 5.56 Å². The van der Waals surface area contributed by atoms with Gasteiger partial charge < -0.3 is 15.0 Å². The van der Waals surface area contributed by atoms with E-state index in [0.717, 1.165) is 42.1 Å². The van der Waals surface area contributed by atoms with Crippen molar-refractivity contribution < 1.29 is 14.3 Å². The molecule has 1 aliphatic carbocycles. The van der Waals surface area contributed by atoms with Gasteiger partial charge in [0.05, 0.1) is 4.47 Å². The van der Waals surface area contributed by atoms with Gasteiger partial charge in [-0.1, -0.05) is 63.1 Å². The van der Waals surface area contributed by atoms with Crippen LogP contribution in [-0.4, -0.2) is 41.9 Å². The first-order chi connectivity index (χ1) is 16.0. The van der Waals surface area contributed by atoms with Crippen molar-refractivity contribution in [2.75, 3.05) is 13.2 Å². The van der Waals surface area contributed by atoms with E-state index in [1.54, 1.807) is 4.90 Å². The zero-order chi connectivity index (χ0) is 23.6. The van der Waals surface area contributed by atoms with E-state index in [1.807, 2.05) is 55.5 Å². The van der Waals surface area contributed by atoms with E-state index in [0.29, 0.717) is 25.1 Å².